The summed E-state index contributed by atoms with van der Waals surface area (Å²) < 4.78 is 41.3. The molecular weight excluding hydrogens is 427 g/mol. The maximum absolute atomic E-state index is 13.2. The molecule has 1 aliphatic heterocycles. The molecule has 1 fully saturated rings. The van der Waals surface area contributed by atoms with Crippen LogP contribution in [0, 0.1) is 0 Å². The van der Waals surface area contributed by atoms with Crippen molar-refractivity contribution in [2.45, 2.75) is 24.2 Å². The molecule has 1 aromatic heterocycles. The largest absolute Gasteiger partial charge is 0.416 e. The molecule has 0 spiro atoms. The Kier molecular flexibility index (Phi) is 6.17. The molecule has 0 unspecified atom stereocenters. The van der Waals surface area contributed by atoms with E-state index in [-0.39, 0.29) is 11.7 Å². The van der Waals surface area contributed by atoms with Crippen molar-refractivity contribution in [1.82, 2.24) is 10.1 Å². The van der Waals surface area contributed by atoms with Gasteiger partial charge in [0, 0.05) is 13.1 Å². The first-order valence-electron chi connectivity index (χ1n) is 9.81. The summed E-state index contributed by atoms with van der Waals surface area (Å²) in [5.74, 6) is -0.245. The number of carbonyl (C=O) groups excluding carboxylic acids is 1. The number of para-hydroxylation sites is 1. The Balaban J connectivity index is 1.47. The molecule has 0 saturated carbocycles. The van der Waals surface area contributed by atoms with Crippen LogP contribution in [0.25, 0.3) is 5.69 Å². The molecule has 0 aliphatic carbocycles. The summed E-state index contributed by atoms with van der Waals surface area (Å²) in [7, 11) is 0. The molecule has 162 valence electrons. The average molecular weight is 448 g/mol. The molecule has 1 amide bonds. The fourth-order valence-corrected chi connectivity index (χ4v) is 4.22. The van der Waals surface area contributed by atoms with Gasteiger partial charge in [0.2, 0.25) is 12.2 Å². The minimum absolute atomic E-state index is 0.0676. The number of nitrogens with zero attached hydrogens (tertiary/aromatic N) is 3. The lowest BCUT2D eigenvalue weighted by atomic mass is 10.1. The monoisotopic (exact) mass is 448 g/mol. The number of aromatic amines is 1. The summed E-state index contributed by atoms with van der Waals surface area (Å²) in [5.41, 5.74) is 0.951. The van der Waals surface area contributed by atoms with Crippen LogP contribution in [-0.4, -0.2) is 34.8 Å². The van der Waals surface area contributed by atoms with Crippen LogP contribution < -0.4 is 14.9 Å². The fourth-order valence-electron chi connectivity index (χ4n) is 3.47. The number of benzene rings is 2. The van der Waals surface area contributed by atoms with Crippen LogP contribution in [0.15, 0.2) is 60.0 Å². The van der Waals surface area contributed by atoms with E-state index in [0.29, 0.717) is 29.6 Å². The first-order valence-corrected chi connectivity index (χ1v) is 10.8. The number of carbonyl (C=O) groups is 1. The van der Waals surface area contributed by atoms with Gasteiger partial charge >= 0.3 is 11.3 Å². The van der Waals surface area contributed by atoms with Gasteiger partial charge in [-0.2, -0.15) is 18.3 Å². The van der Waals surface area contributed by atoms with Crippen molar-refractivity contribution in [2.24, 2.45) is 0 Å². The quantitative estimate of drug-likeness (QED) is 0.441. The Morgan fingerprint density at radius 3 is 2.61 bits per heavy atom. The molecule has 6 nitrogen and oxygen atoms in total. The van der Waals surface area contributed by atoms with Crippen molar-refractivity contribution < 1.29 is 22.6 Å². The number of thioether (sulfide) groups is 1. The van der Waals surface area contributed by atoms with E-state index >= 15 is 0 Å². The van der Waals surface area contributed by atoms with Crippen LogP contribution in [-0.2, 0) is 11.0 Å². The lowest BCUT2D eigenvalue weighted by Gasteiger charge is -2.23. The van der Waals surface area contributed by atoms with Crippen LogP contribution in [0.2, 0.25) is 0 Å². The van der Waals surface area contributed by atoms with Crippen molar-refractivity contribution in [3.8, 4) is 5.69 Å². The highest BCUT2D eigenvalue weighted by atomic mass is 32.2. The third-order valence-corrected chi connectivity index (χ3v) is 5.90. The summed E-state index contributed by atoms with van der Waals surface area (Å²) in [6.07, 6.45) is -1.07. The molecule has 2 aromatic carbocycles. The molecule has 3 aromatic rings. The van der Waals surface area contributed by atoms with Crippen LogP contribution in [0.1, 0.15) is 18.4 Å². The minimum atomic E-state index is -4.43. The molecule has 0 bridgehead atoms. The van der Waals surface area contributed by atoms with Crippen molar-refractivity contribution >= 4 is 29.0 Å². The van der Waals surface area contributed by atoms with Gasteiger partial charge in [0.1, 0.15) is 0 Å². The molecule has 2 heterocycles. The zero-order chi connectivity index (χ0) is 21.8. The van der Waals surface area contributed by atoms with Gasteiger partial charge in [-0.25, -0.2) is 0 Å². The van der Waals surface area contributed by atoms with Crippen LogP contribution in [0.4, 0.5) is 24.5 Å². The molecule has 1 saturated heterocycles. The summed E-state index contributed by atoms with van der Waals surface area (Å²) in [4.78, 5) is 18.7. The summed E-state index contributed by atoms with van der Waals surface area (Å²) in [5, 5.41) is 6.38. The Bertz CT molecular complexity index is 1050. The minimum Gasteiger partial charge on any atom is -0.370 e. The van der Waals surface area contributed by atoms with Crippen LogP contribution >= 0.6 is 11.8 Å². The smallest absolute Gasteiger partial charge is 0.370 e. The Morgan fingerprint density at radius 1 is 1.16 bits per heavy atom. The molecule has 1 aliphatic rings. The zero-order valence-corrected chi connectivity index (χ0v) is 17.3. The Morgan fingerprint density at radius 2 is 1.90 bits per heavy atom. The van der Waals surface area contributed by atoms with E-state index in [9.17, 15) is 18.0 Å². The number of alkyl halides is 3. The van der Waals surface area contributed by atoms with Crippen molar-refractivity contribution in [2.75, 3.05) is 29.1 Å². The molecule has 2 N–H and O–H groups in total. The number of hydrogen-bond acceptors (Lipinski definition) is 4. The molecule has 4 rings (SSSR count). The number of anilines is 2. The Hall–Kier alpha value is -3.01. The van der Waals surface area contributed by atoms with Gasteiger partial charge in [-0.1, -0.05) is 18.2 Å². The predicted molar refractivity (Wildman–Crippen MR) is 112 cm³/mol. The standard InChI is InChI=1S/C21H20F3N5OS/c22-21(23,24)15-8-9-17(18(12-15)28-10-4-5-11-28)27-19(30)13-31-20-25-14-26-29(20)16-6-2-1-3-7-16/h1-3,6-9,12,14H,4-5,10-11,13H2,(H,27,30)/p+1. The highest BCUT2D eigenvalue weighted by Gasteiger charge is 2.32. The number of nitrogens with one attached hydrogen (secondary N) is 2. The highest BCUT2D eigenvalue weighted by molar-refractivity contribution is 7.99. The lowest BCUT2D eigenvalue weighted by molar-refractivity contribution is -0.694. The van der Waals surface area contributed by atoms with Crippen LogP contribution in [0.3, 0.4) is 0 Å². The number of aromatic nitrogens is 3. The first-order chi connectivity index (χ1) is 14.9. The van der Waals surface area contributed by atoms with E-state index in [2.05, 4.69) is 15.4 Å². The topological polar surface area (TPSA) is 64.9 Å². The molecule has 0 radical (unpaired) electrons. The number of amides is 1. The van der Waals surface area contributed by atoms with E-state index in [0.717, 1.165) is 30.7 Å². The normalized spacial score (nSPS) is 14.1. The van der Waals surface area contributed by atoms with E-state index in [1.807, 2.05) is 35.2 Å². The van der Waals surface area contributed by atoms with E-state index < -0.39 is 11.7 Å². The van der Waals surface area contributed by atoms with Gasteiger partial charge in [0.15, 0.2) is 5.69 Å². The summed E-state index contributed by atoms with van der Waals surface area (Å²) in [6, 6.07) is 13.0. The van der Waals surface area contributed by atoms with Gasteiger partial charge in [0.25, 0.3) is 0 Å². The average Bonchev–Trinajstić information content (AvgIpc) is 3.44. The second kappa shape index (κ2) is 9.01. The zero-order valence-electron chi connectivity index (χ0n) is 16.5. The van der Waals surface area contributed by atoms with Gasteiger partial charge in [-0.15, -0.1) is 4.68 Å². The second-order valence-corrected chi connectivity index (χ2v) is 8.04. The summed E-state index contributed by atoms with van der Waals surface area (Å²) >= 11 is 1.24. The van der Waals surface area contributed by atoms with Crippen molar-refractivity contribution in [3.05, 3.63) is 60.4 Å². The number of rotatable bonds is 6. The van der Waals surface area contributed by atoms with Gasteiger partial charge in [-0.05, 0) is 59.9 Å². The van der Waals surface area contributed by atoms with Crippen molar-refractivity contribution in [3.63, 3.8) is 0 Å². The van der Waals surface area contributed by atoms with Gasteiger partial charge in [-0.3, -0.25) is 4.79 Å². The summed E-state index contributed by atoms with van der Waals surface area (Å²) in [6.45, 7) is 1.34. The lowest BCUT2D eigenvalue weighted by Crippen LogP contribution is -2.35. The van der Waals surface area contributed by atoms with Gasteiger partial charge < -0.3 is 10.2 Å². The van der Waals surface area contributed by atoms with Crippen LogP contribution in [0.5, 0.6) is 0 Å². The van der Waals surface area contributed by atoms with E-state index in [1.54, 1.807) is 4.68 Å². The van der Waals surface area contributed by atoms with Crippen molar-refractivity contribution in [1.29, 1.82) is 0 Å². The second-order valence-electron chi connectivity index (χ2n) is 7.10. The Labute approximate surface area is 181 Å². The molecule has 0 atom stereocenters. The third-order valence-electron chi connectivity index (χ3n) is 4.95. The molecular formula is C21H21F3N5OS+. The maximum atomic E-state index is 13.2. The molecule has 31 heavy (non-hydrogen) atoms. The highest BCUT2D eigenvalue weighted by Crippen LogP contribution is 2.37. The van der Waals surface area contributed by atoms with E-state index in [1.165, 1.54) is 24.2 Å². The number of halogens is 3. The predicted octanol–water partition coefficient (Wildman–Crippen LogP) is 4.04. The maximum Gasteiger partial charge on any atom is 0.416 e. The third kappa shape index (κ3) is 5.01. The fraction of sp³-hybridized carbons (Fsp3) is 0.286. The van der Waals surface area contributed by atoms with E-state index in [4.69, 9.17) is 0 Å². The first kappa shape index (κ1) is 21.2. The number of H-pyrrole nitrogens is 1. The SMILES string of the molecule is O=C(CSc1nc[nH][n+]1-c1ccccc1)Nc1ccc(C(F)(F)F)cc1N1CCCC1. The number of hydrogen-bond donors (Lipinski definition) is 2. The van der Waals surface area contributed by atoms with Gasteiger partial charge in [0.05, 0.1) is 22.7 Å². The molecule has 10 heteroatoms.